The summed E-state index contributed by atoms with van der Waals surface area (Å²) in [6.07, 6.45) is 10.8. The van der Waals surface area contributed by atoms with E-state index in [0.717, 1.165) is 30.6 Å². The van der Waals surface area contributed by atoms with Gasteiger partial charge in [-0.3, -0.25) is 0 Å². The summed E-state index contributed by atoms with van der Waals surface area (Å²) in [5.74, 6) is 2.97. The topological polar surface area (TPSA) is 39.5 Å². The highest BCUT2D eigenvalue weighted by atomic mass is 16.5. The molecule has 0 spiro atoms. The first-order valence-corrected chi connectivity index (χ1v) is 9.50. The highest BCUT2D eigenvalue weighted by Crippen LogP contribution is 2.56. The van der Waals surface area contributed by atoms with E-state index in [-0.39, 0.29) is 11.1 Å². The van der Waals surface area contributed by atoms with Crippen LogP contribution in [0.15, 0.2) is 0 Å². The van der Waals surface area contributed by atoms with Crippen LogP contribution in [0.2, 0.25) is 0 Å². The Morgan fingerprint density at radius 3 is 1.59 bits per heavy atom. The summed E-state index contributed by atoms with van der Waals surface area (Å²) >= 11 is 0. The van der Waals surface area contributed by atoms with Gasteiger partial charge in [0.2, 0.25) is 0 Å². The molecule has 3 nitrogen and oxygen atoms in total. The summed E-state index contributed by atoms with van der Waals surface area (Å²) in [5, 5.41) is 17.3. The minimum absolute atomic E-state index is 0.165. The van der Waals surface area contributed by atoms with Crippen LogP contribution in [0.1, 0.15) is 79.1 Å². The summed E-state index contributed by atoms with van der Waals surface area (Å²) in [5.41, 5.74) is 0.0926. The van der Waals surface area contributed by atoms with Crippen molar-refractivity contribution in [1.29, 1.82) is 0 Å². The van der Waals surface area contributed by atoms with Crippen molar-refractivity contribution in [2.45, 2.75) is 102 Å². The van der Waals surface area contributed by atoms with Gasteiger partial charge in [-0.25, -0.2) is 0 Å². The van der Waals surface area contributed by atoms with E-state index in [0.29, 0.717) is 16.6 Å². The molecule has 4 saturated carbocycles. The fourth-order valence-corrected chi connectivity index (χ4v) is 7.23. The molecule has 0 aromatic carbocycles. The third-order valence-electron chi connectivity index (χ3n) is 7.29. The molecule has 0 unspecified atom stereocenters. The van der Waals surface area contributed by atoms with Crippen molar-refractivity contribution in [1.82, 2.24) is 5.32 Å². The van der Waals surface area contributed by atoms with Crippen molar-refractivity contribution in [2.75, 3.05) is 0 Å². The van der Waals surface area contributed by atoms with E-state index in [1.807, 2.05) is 0 Å². The Labute approximate surface area is 135 Å². The molecule has 126 valence electrons. The van der Waals surface area contributed by atoms with Crippen LogP contribution in [0.5, 0.6) is 0 Å². The van der Waals surface area contributed by atoms with Crippen LogP contribution in [0.4, 0.5) is 0 Å². The zero-order valence-corrected chi connectivity index (χ0v) is 14.9. The molecule has 5 aliphatic rings. The zero-order chi connectivity index (χ0) is 15.8. The lowest BCUT2D eigenvalue weighted by atomic mass is 9.52. The fraction of sp³-hybridized carbons (Fsp3) is 1.00. The Hall–Kier alpha value is -0.120. The molecule has 0 aromatic rings. The maximum Gasteiger partial charge on any atom is 0.0936 e. The Kier molecular flexibility index (Phi) is 3.30. The van der Waals surface area contributed by atoms with E-state index in [1.165, 1.54) is 38.5 Å². The van der Waals surface area contributed by atoms with Gasteiger partial charge in [0.25, 0.3) is 0 Å². The first kappa shape index (κ1) is 15.4. The second-order valence-corrected chi connectivity index (χ2v) is 10.5. The minimum Gasteiger partial charge on any atom is -0.634 e. The van der Waals surface area contributed by atoms with Crippen LogP contribution in [-0.4, -0.2) is 22.7 Å². The minimum atomic E-state index is -0.165. The van der Waals surface area contributed by atoms with E-state index in [9.17, 15) is 5.21 Å². The van der Waals surface area contributed by atoms with Crippen molar-refractivity contribution >= 4 is 0 Å². The van der Waals surface area contributed by atoms with E-state index >= 15 is 0 Å². The molecule has 4 bridgehead atoms. The van der Waals surface area contributed by atoms with Gasteiger partial charge < -0.3 is 15.6 Å². The van der Waals surface area contributed by atoms with Gasteiger partial charge in [0, 0.05) is 24.4 Å². The monoisotopic (exact) mass is 306 g/mol. The first-order chi connectivity index (χ1) is 10.2. The average Bonchev–Trinajstić information content (AvgIpc) is 2.32. The molecule has 5 rings (SSSR count). The highest BCUT2D eigenvalue weighted by Gasteiger charge is 2.53. The van der Waals surface area contributed by atoms with Gasteiger partial charge in [-0.15, -0.1) is 0 Å². The van der Waals surface area contributed by atoms with Crippen molar-refractivity contribution in [2.24, 2.45) is 17.8 Å². The summed E-state index contributed by atoms with van der Waals surface area (Å²) in [6.45, 7) is 8.63. The van der Waals surface area contributed by atoms with Crippen molar-refractivity contribution in [3.05, 3.63) is 5.21 Å². The van der Waals surface area contributed by atoms with Gasteiger partial charge in [0.15, 0.2) is 0 Å². The number of piperidine rings is 1. The van der Waals surface area contributed by atoms with Gasteiger partial charge >= 0.3 is 0 Å². The summed E-state index contributed by atoms with van der Waals surface area (Å²) in [6, 6.07) is 0.527. The van der Waals surface area contributed by atoms with Gasteiger partial charge in [0.05, 0.1) is 11.1 Å². The number of hydrogen-bond donors (Lipinski definition) is 2. The van der Waals surface area contributed by atoms with Crippen LogP contribution in [0.25, 0.3) is 0 Å². The largest absolute Gasteiger partial charge is 0.634 e. The number of hydroxylamine groups is 2. The third kappa shape index (κ3) is 2.44. The van der Waals surface area contributed by atoms with Crippen molar-refractivity contribution < 1.29 is 5.06 Å². The van der Waals surface area contributed by atoms with Gasteiger partial charge in [0.1, 0.15) is 0 Å². The maximum atomic E-state index is 12.7. The lowest BCUT2D eigenvalue weighted by Crippen LogP contribution is -3.23. The van der Waals surface area contributed by atoms with Gasteiger partial charge in [-0.05, 0) is 84.0 Å². The predicted molar refractivity (Wildman–Crippen MR) is 89.5 cm³/mol. The number of nitrogens with one attached hydrogen (secondary N) is 2. The standard InChI is InChI=1S/C19H34N2O/c1-17(2)11-16(12-18(3,4)21(17)22)20-19-8-13-5-14(9-19)7-15(6-13)10-19/h13-16,20-21H,5-12H2,1-4H3. The molecular formula is C19H34N2O. The summed E-state index contributed by atoms with van der Waals surface area (Å²) in [7, 11) is 0. The summed E-state index contributed by atoms with van der Waals surface area (Å²) in [4.78, 5) is 0. The number of rotatable bonds is 2. The quantitative estimate of drug-likeness (QED) is 0.770. The number of hydrogen-bond acceptors (Lipinski definition) is 2. The molecule has 3 heteroatoms. The van der Waals surface area contributed by atoms with E-state index in [4.69, 9.17) is 0 Å². The highest BCUT2D eigenvalue weighted by molar-refractivity contribution is 5.08. The molecule has 0 atom stereocenters. The molecule has 1 heterocycles. The van der Waals surface area contributed by atoms with Crippen LogP contribution in [0, 0.1) is 23.0 Å². The lowest BCUT2D eigenvalue weighted by Gasteiger charge is -2.60. The molecule has 0 aromatic heterocycles. The predicted octanol–water partition coefficient (Wildman–Crippen LogP) is 2.65. The van der Waals surface area contributed by atoms with Crippen molar-refractivity contribution in [3.63, 3.8) is 0 Å². The van der Waals surface area contributed by atoms with E-state index < -0.39 is 0 Å². The van der Waals surface area contributed by atoms with Crippen LogP contribution in [0.3, 0.4) is 0 Å². The molecular weight excluding hydrogens is 272 g/mol. The fourth-order valence-electron chi connectivity index (χ4n) is 7.23. The lowest BCUT2D eigenvalue weighted by molar-refractivity contribution is -0.955. The Balaban J connectivity index is 1.52. The van der Waals surface area contributed by atoms with Crippen LogP contribution < -0.4 is 10.4 Å². The normalized spacial score (nSPS) is 52.0. The Bertz CT molecular complexity index is 403. The molecule has 0 amide bonds. The smallest absolute Gasteiger partial charge is 0.0936 e. The second-order valence-electron chi connectivity index (χ2n) is 10.5. The third-order valence-corrected chi connectivity index (χ3v) is 7.29. The second kappa shape index (κ2) is 4.70. The molecule has 4 aliphatic carbocycles. The SMILES string of the molecule is CC1(C)CC(NC23CC4CC(CC(C4)C2)C3)CC(C)(C)[NH+]1[O-]. The molecule has 2 N–H and O–H groups in total. The van der Waals surface area contributed by atoms with Crippen LogP contribution in [-0.2, 0) is 0 Å². The van der Waals surface area contributed by atoms with Gasteiger partial charge in [-0.1, -0.05) is 0 Å². The summed E-state index contributed by atoms with van der Waals surface area (Å²) < 4.78 is 0. The van der Waals surface area contributed by atoms with Gasteiger partial charge in [-0.2, -0.15) is 0 Å². The Morgan fingerprint density at radius 1 is 0.773 bits per heavy atom. The van der Waals surface area contributed by atoms with E-state index in [1.54, 1.807) is 0 Å². The Morgan fingerprint density at radius 2 is 1.18 bits per heavy atom. The molecule has 1 aliphatic heterocycles. The van der Waals surface area contributed by atoms with Crippen LogP contribution >= 0.6 is 0 Å². The number of quaternary nitrogens is 1. The molecule has 1 saturated heterocycles. The zero-order valence-electron chi connectivity index (χ0n) is 14.9. The average molecular weight is 306 g/mol. The van der Waals surface area contributed by atoms with E-state index in [2.05, 4.69) is 33.0 Å². The maximum absolute atomic E-state index is 12.7. The molecule has 22 heavy (non-hydrogen) atoms. The van der Waals surface area contributed by atoms with Crippen molar-refractivity contribution in [3.8, 4) is 0 Å². The molecule has 5 fully saturated rings. The molecule has 0 radical (unpaired) electrons. The first-order valence-electron chi connectivity index (χ1n) is 9.50.